The summed E-state index contributed by atoms with van der Waals surface area (Å²) in [6.07, 6.45) is 1.52. The highest BCUT2D eigenvalue weighted by molar-refractivity contribution is 6.83. The molecule has 0 aliphatic heterocycles. The molecule has 0 saturated carbocycles. The van der Waals surface area contributed by atoms with Crippen LogP contribution in [0.25, 0.3) is 0 Å². The molecule has 0 spiro atoms. The Morgan fingerprint density at radius 1 is 1.15 bits per heavy atom. The average Bonchev–Trinajstić information content (AvgIpc) is 1.81. The smallest absolute Gasteiger partial charge is 0.0793 e. The quantitative estimate of drug-likeness (QED) is 0.669. The third-order valence-corrected chi connectivity index (χ3v) is 6.28. The molecule has 3 heteroatoms. The van der Waals surface area contributed by atoms with E-state index < -0.39 is 8.07 Å². The predicted octanol–water partition coefficient (Wildman–Crippen LogP) is 1.94. The van der Waals surface area contributed by atoms with E-state index in [1.165, 1.54) is 0 Å². The van der Waals surface area contributed by atoms with E-state index in [9.17, 15) is 10.2 Å². The lowest BCUT2D eigenvalue weighted by Gasteiger charge is -2.26. The Labute approximate surface area is 82.3 Å². The highest BCUT2D eigenvalue weighted by Crippen LogP contribution is 2.21. The van der Waals surface area contributed by atoms with Crippen molar-refractivity contribution in [3.05, 3.63) is 11.8 Å². The van der Waals surface area contributed by atoms with Crippen LogP contribution in [0.1, 0.15) is 20.8 Å². The van der Waals surface area contributed by atoms with Crippen LogP contribution in [0.4, 0.5) is 0 Å². The van der Waals surface area contributed by atoms with E-state index in [2.05, 4.69) is 12.2 Å². The second-order valence-corrected chi connectivity index (χ2v) is 8.72. The first-order valence-electron chi connectivity index (χ1n) is 4.89. The first-order chi connectivity index (χ1) is 5.89. The Hall–Kier alpha value is -0.123. The number of hydrogen-bond donors (Lipinski definition) is 2. The maximum absolute atomic E-state index is 9.35. The van der Waals surface area contributed by atoms with Gasteiger partial charge < -0.3 is 10.2 Å². The van der Waals surface area contributed by atoms with Crippen LogP contribution in [0.15, 0.2) is 11.8 Å². The van der Waals surface area contributed by atoms with E-state index in [0.29, 0.717) is 0 Å². The Bertz CT molecular complexity index is 154. The zero-order valence-electron chi connectivity index (χ0n) is 9.12. The molecule has 0 radical (unpaired) electrons. The molecule has 0 aliphatic carbocycles. The summed E-state index contributed by atoms with van der Waals surface area (Å²) in [5, 5.41) is 18.7. The van der Waals surface area contributed by atoms with Crippen LogP contribution in [0.5, 0.6) is 0 Å². The van der Waals surface area contributed by atoms with Crippen molar-refractivity contribution in [2.24, 2.45) is 0 Å². The first kappa shape index (κ1) is 12.9. The topological polar surface area (TPSA) is 40.5 Å². The minimum absolute atomic E-state index is 0.258. The van der Waals surface area contributed by atoms with Gasteiger partial charge in [0.05, 0.1) is 8.07 Å². The molecule has 0 aromatic heterocycles. The van der Waals surface area contributed by atoms with Crippen molar-refractivity contribution >= 4 is 8.07 Å². The van der Waals surface area contributed by atoms with E-state index in [4.69, 9.17) is 0 Å². The average molecular weight is 202 g/mol. The molecule has 2 nitrogen and oxygen atoms in total. The molecule has 0 aromatic carbocycles. The van der Waals surface area contributed by atoms with Crippen molar-refractivity contribution in [3.63, 3.8) is 0 Å². The van der Waals surface area contributed by atoms with Gasteiger partial charge in [0.25, 0.3) is 0 Å². The molecule has 0 aliphatic rings. The molecule has 2 atom stereocenters. The Morgan fingerprint density at radius 2 is 1.54 bits per heavy atom. The fourth-order valence-corrected chi connectivity index (χ4v) is 5.91. The summed E-state index contributed by atoms with van der Waals surface area (Å²) < 4.78 is 0. The normalized spacial score (nSPS) is 21.4. The summed E-state index contributed by atoms with van der Waals surface area (Å²) >= 11 is 0. The van der Waals surface area contributed by atoms with Gasteiger partial charge in [-0.05, 0) is 32.9 Å². The molecule has 13 heavy (non-hydrogen) atoms. The molecular weight excluding hydrogens is 180 g/mol. The van der Waals surface area contributed by atoms with Gasteiger partial charge in [-0.3, -0.25) is 0 Å². The molecule has 2 N–H and O–H groups in total. The predicted molar refractivity (Wildman–Crippen MR) is 59.4 cm³/mol. The van der Waals surface area contributed by atoms with Crippen molar-refractivity contribution in [1.82, 2.24) is 0 Å². The van der Waals surface area contributed by atoms with Crippen LogP contribution in [0, 0.1) is 0 Å². The Kier molecular flexibility index (Phi) is 5.52. The highest BCUT2D eigenvalue weighted by Gasteiger charge is 2.26. The number of aliphatic hydroxyl groups excluding tert-OH is 2. The van der Waals surface area contributed by atoms with Crippen LogP contribution < -0.4 is 0 Å². The highest BCUT2D eigenvalue weighted by atomic mass is 28.3. The van der Waals surface area contributed by atoms with Crippen LogP contribution >= 0.6 is 0 Å². The molecule has 0 rings (SSSR count). The monoisotopic (exact) mass is 202 g/mol. The van der Waals surface area contributed by atoms with Crippen molar-refractivity contribution < 1.29 is 10.2 Å². The lowest BCUT2D eigenvalue weighted by Crippen LogP contribution is -2.35. The summed E-state index contributed by atoms with van der Waals surface area (Å²) in [7, 11) is -1.56. The standard InChI is InChI=1S/C10H22O2Si/c1-5-6-13(4,7-9(2)11)8-10(3)12/h5-6,9-12H,7-8H2,1-4H3. The number of hydrogen-bond acceptors (Lipinski definition) is 2. The Morgan fingerprint density at radius 3 is 1.77 bits per heavy atom. The maximum atomic E-state index is 9.35. The Balaban J connectivity index is 4.33. The second kappa shape index (κ2) is 5.57. The third kappa shape index (κ3) is 6.02. The van der Waals surface area contributed by atoms with Gasteiger partial charge in [-0.15, -0.1) is 0 Å². The third-order valence-electron chi connectivity index (χ3n) is 2.09. The van der Waals surface area contributed by atoms with Crippen LogP contribution in [0.2, 0.25) is 18.6 Å². The van der Waals surface area contributed by atoms with Gasteiger partial charge in [0.15, 0.2) is 0 Å². The van der Waals surface area contributed by atoms with E-state index >= 15 is 0 Å². The van der Waals surface area contributed by atoms with Gasteiger partial charge in [0.1, 0.15) is 0 Å². The molecule has 0 fully saturated rings. The summed E-state index contributed by atoms with van der Waals surface area (Å²) in [6.45, 7) is 7.83. The minimum Gasteiger partial charge on any atom is -0.394 e. The lowest BCUT2D eigenvalue weighted by molar-refractivity contribution is 0.205. The van der Waals surface area contributed by atoms with E-state index in [1.807, 2.05) is 26.8 Å². The van der Waals surface area contributed by atoms with Gasteiger partial charge in [0, 0.05) is 12.2 Å². The van der Waals surface area contributed by atoms with Crippen LogP contribution in [-0.2, 0) is 0 Å². The molecule has 0 aromatic rings. The summed E-state index contributed by atoms with van der Waals surface area (Å²) in [6, 6.07) is 1.67. The van der Waals surface area contributed by atoms with Crippen molar-refractivity contribution in [3.8, 4) is 0 Å². The van der Waals surface area contributed by atoms with E-state index in [0.717, 1.165) is 12.1 Å². The van der Waals surface area contributed by atoms with Gasteiger partial charge in [-0.25, -0.2) is 0 Å². The second-order valence-electron chi connectivity index (χ2n) is 4.26. The van der Waals surface area contributed by atoms with E-state index in [1.54, 1.807) is 0 Å². The van der Waals surface area contributed by atoms with Crippen LogP contribution in [0.3, 0.4) is 0 Å². The SMILES string of the molecule is CC=C[Si](C)(CC(C)O)CC(C)O. The van der Waals surface area contributed by atoms with Crippen molar-refractivity contribution in [1.29, 1.82) is 0 Å². The summed E-state index contributed by atoms with van der Waals surface area (Å²) in [5.74, 6) is 0. The fraction of sp³-hybridized carbons (Fsp3) is 0.800. The molecule has 0 heterocycles. The largest absolute Gasteiger partial charge is 0.394 e. The number of rotatable bonds is 5. The lowest BCUT2D eigenvalue weighted by atomic mass is 10.5. The first-order valence-corrected chi connectivity index (χ1v) is 7.89. The molecule has 0 bridgehead atoms. The number of allylic oxidation sites excluding steroid dienone is 1. The summed E-state index contributed by atoms with van der Waals surface area (Å²) in [5.41, 5.74) is 2.20. The zero-order chi connectivity index (χ0) is 10.5. The van der Waals surface area contributed by atoms with Crippen molar-refractivity contribution in [2.75, 3.05) is 0 Å². The molecule has 0 saturated heterocycles. The van der Waals surface area contributed by atoms with Crippen LogP contribution in [-0.4, -0.2) is 30.5 Å². The zero-order valence-corrected chi connectivity index (χ0v) is 10.1. The van der Waals surface area contributed by atoms with Gasteiger partial charge in [-0.1, -0.05) is 18.3 Å². The van der Waals surface area contributed by atoms with E-state index in [-0.39, 0.29) is 12.2 Å². The number of aliphatic hydroxyl groups is 2. The van der Waals surface area contributed by atoms with Gasteiger partial charge >= 0.3 is 0 Å². The minimum atomic E-state index is -1.56. The molecule has 0 amide bonds. The molecular formula is C10H22O2Si. The van der Waals surface area contributed by atoms with Gasteiger partial charge in [0.2, 0.25) is 0 Å². The summed E-state index contributed by atoms with van der Waals surface area (Å²) in [4.78, 5) is 0. The van der Waals surface area contributed by atoms with Gasteiger partial charge in [-0.2, -0.15) is 0 Å². The molecule has 78 valence electrons. The van der Waals surface area contributed by atoms with Crippen molar-refractivity contribution in [2.45, 2.75) is 51.6 Å². The fourth-order valence-electron chi connectivity index (χ4n) is 1.97. The molecule has 2 unspecified atom stereocenters. The maximum Gasteiger partial charge on any atom is 0.0793 e.